The first kappa shape index (κ1) is 38.7. The van der Waals surface area contributed by atoms with Gasteiger partial charge in [0.2, 0.25) is 0 Å². The first-order valence-electron chi connectivity index (χ1n) is 16.0. The van der Waals surface area contributed by atoms with Crippen molar-refractivity contribution in [2.45, 2.75) is 165 Å². The summed E-state index contributed by atoms with van der Waals surface area (Å²) >= 11 is 0. The molecule has 1 rings (SSSR count). The van der Waals surface area contributed by atoms with Gasteiger partial charge >= 0.3 is 0 Å². The molecule has 0 saturated heterocycles. The molecule has 0 aromatic heterocycles. The highest BCUT2D eigenvalue weighted by Crippen LogP contribution is 2.44. The number of nitrogens with one attached hydrogen (secondary N) is 1. The predicted octanol–water partition coefficient (Wildman–Crippen LogP) is 5.15. The Morgan fingerprint density at radius 3 is 1.78 bits per heavy atom. The average molecular weight is 588 g/mol. The molecule has 0 amide bonds. The van der Waals surface area contributed by atoms with E-state index in [1.807, 2.05) is 41.5 Å². The van der Waals surface area contributed by atoms with Gasteiger partial charge in [-0.15, -0.1) is 0 Å². The minimum Gasteiger partial charge on any atom is -0.390 e. The van der Waals surface area contributed by atoms with E-state index >= 15 is 0 Å². The molecule has 6 N–H and O–H groups in total. The maximum atomic E-state index is 11.5. The fourth-order valence-corrected chi connectivity index (χ4v) is 8.11. The molecular weight excluding hydrogens is 518 g/mol. The molecule has 8 atom stereocenters. The van der Waals surface area contributed by atoms with Crippen LogP contribution in [0.3, 0.4) is 0 Å². The van der Waals surface area contributed by atoms with Crippen molar-refractivity contribution >= 4 is 0 Å². The van der Waals surface area contributed by atoms with Gasteiger partial charge in [0.05, 0.1) is 37.1 Å². The number of hydrogen-bond acceptors (Lipinski definition) is 7. The molecule has 0 aromatic carbocycles. The fraction of sp³-hybridized carbons (Fsp3) is 1.00. The molecule has 0 spiro atoms. The van der Waals surface area contributed by atoms with Gasteiger partial charge in [0.15, 0.2) is 0 Å². The van der Waals surface area contributed by atoms with Gasteiger partial charge in [0, 0.05) is 0 Å². The number of ether oxygens (including phenoxy) is 1. The summed E-state index contributed by atoms with van der Waals surface area (Å²) in [6, 6.07) is -0.587. The lowest BCUT2D eigenvalue weighted by molar-refractivity contribution is -0.135. The van der Waals surface area contributed by atoms with Crippen molar-refractivity contribution in [3.05, 3.63) is 0 Å². The van der Waals surface area contributed by atoms with Gasteiger partial charge in [-0.05, 0) is 71.1 Å². The van der Waals surface area contributed by atoms with Crippen molar-refractivity contribution in [2.24, 2.45) is 38.9 Å². The van der Waals surface area contributed by atoms with Gasteiger partial charge in [0.1, 0.15) is 12.2 Å². The molecule has 7 heteroatoms. The van der Waals surface area contributed by atoms with Gasteiger partial charge in [-0.2, -0.15) is 0 Å². The molecular formula is C34H69NO6. The van der Waals surface area contributed by atoms with Crippen LogP contribution in [0.2, 0.25) is 0 Å². The molecule has 1 fully saturated rings. The molecule has 8 unspecified atom stereocenters. The molecule has 7 nitrogen and oxygen atoms in total. The Balaban J connectivity index is 3.20. The van der Waals surface area contributed by atoms with Crippen molar-refractivity contribution in [1.82, 2.24) is 5.32 Å². The number of aliphatic hydroxyl groups excluding tert-OH is 5. The standard InChI is InChI=1S/C34H69NO6/c1-21(2)24-27(38)28(39)26(37)23(17-33(24,11)12)41-18-22(35-16-15-32(9,10)19-30(3,4)5)25(36)29(40)34(13,14)20-31(6,7)8/h21-29,35-40H,15-20H2,1-14H3. The van der Waals surface area contributed by atoms with Crippen LogP contribution in [-0.4, -0.2) is 81.3 Å². The van der Waals surface area contributed by atoms with E-state index in [1.165, 1.54) is 0 Å². The zero-order valence-corrected chi connectivity index (χ0v) is 29.1. The van der Waals surface area contributed by atoms with Crippen molar-refractivity contribution in [3.8, 4) is 0 Å². The average Bonchev–Trinajstić information content (AvgIpc) is 2.79. The van der Waals surface area contributed by atoms with E-state index in [0.717, 1.165) is 19.3 Å². The highest BCUT2D eigenvalue weighted by atomic mass is 16.5. The van der Waals surface area contributed by atoms with Crippen molar-refractivity contribution in [1.29, 1.82) is 0 Å². The summed E-state index contributed by atoms with van der Waals surface area (Å²) in [6.07, 6.45) is -3.40. The smallest absolute Gasteiger partial charge is 0.109 e. The van der Waals surface area contributed by atoms with Crippen LogP contribution < -0.4 is 5.32 Å². The van der Waals surface area contributed by atoms with E-state index in [9.17, 15) is 25.5 Å². The summed E-state index contributed by atoms with van der Waals surface area (Å²) < 4.78 is 6.31. The molecule has 1 aliphatic rings. The summed E-state index contributed by atoms with van der Waals surface area (Å²) in [5.41, 5.74) is -0.693. The number of hydrogen-bond donors (Lipinski definition) is 6. The molecule has 0 radical (unpaired) electrons. The van der Waals surface area contributed by atoms with Gasteiger partial charge in [-0.25, -0.2) is 0 Å². The first-order valence-corrected chi connectivity index (χ1v) is 16.0. The van der Waals surface area contributed by atoms with Gasteiger partial charge in [-0.3, -0.25) is 0 Å². The molecule has 1 saturated carbocycles. The van der Waals surface area contributed by atoms with Crippen molar-refractivity contribution in [2.75, 3.05) is 13.2 Å². The second-order valence-electron chi connectivity index (χ2n) is 18.2. The van der Waals surface area contributed by atoms with Gasteiger partial charge < -0.3 is 35.6 Å². The molecule has 0 heterocycles. The minimum atomic E-state index is -1.33. The predicted molar refractivity (Wildman–Crippen MR) is 169 cm³/mol. The Hall–Kier alpha value is -0.280. The number of aliphatic hydroxyl groups is 5. The van der Waals surface area contributed by atoms with Crippen LogP contribution in [0.25, 0.3) is 0 Å². The lowest BCUT2D eigenvalue weighted by Gasteiger charge is -2.41. The van der Waals surface area contributed by atoms with E-state index in [4.69, 9.17) is 4.74 Å². The summed E-state index contributed by atoms with van der Waals surface area (Å²) in [4.78, 5) is 0. The molecule has 0 aromatic rings. The minimum absolute atomic E-state index is 0.0272. The maximum Gasteiger partial charge on any atom is 0.109 e. The lowest BCUT2D eigenvalue weighted by Crippen LogP contribution is -2.55. The summed E-state index contributed by atoms with van der Waals surface area (Å²) in [7, 11) is 0. The van der Waals surface area contributed by atoms with Crippen molar-refractivity contribution in [3.63, 3.8) is 0 Å². The quantitative estimate of drug-likeness (QED) is 0.165. The Bertz CT molecular complexity index is 781. The van der Waals surface area contributed by atoms with Crippen LogP contribution >= 0.6 is 0 Å². The number of rotatable bonds is 13. The summed E-state index contributed by atoms with van der Waals surface area (Å²) in [6.45, 7) is 30.4. The van der Waals surface area contributed by atoms with Crippen LogP contribution in [0.4, 0.5) is 0 Å². The molecule has 41 heavy (non-hydrogen) atoms. The highest BCUT2D eigenvalue weighted by molar-refractivity contribution is 4.99. The summed E-state index contributed by atoms with van der Waals surface area (Å²) in [5, 5.41) is 59.3. The Morgan fingerprint density at radius 1 is 0.805 bits per heavy atom. The topological polar surface area (TPSA) is 122 Å². The van der Waals surface area contributed by atoms with Crippen LogP contribution in [0.15, 0.2) is 0 Å². The van der Waals surface area contributed by atoms with Crippen LogP contribution in [0.1, 0.15) is 123 Å². The molecule has 0 bridgehead atoms. The molecule has 246 valence electrons. The summed E-state index contributed by atoms with van der Waals surface area (Å²) in [5.74, 6) is -0.112. The van der Waals surface area contributed by atoms with E-state index in [0.29, 0.717) is 13.0 Å². The molecule has 1 aliphatic carbocycles. The second-order valence-corrected chi connectivity index (χ2v) is 18.2. The largest absolute Gasteiger partial charge is 0.390 e. The third kappa shape index (κ3) is 12.0. The van der Waals surface area contributed by atoms with E-state index in [-0.39, 0.29) is 34.7 Å². The zero-order valence-electron chi connectivity index (χ0n) is 29.1. The highest BCUT2D eigenvalue weighted by Gasteiger charge is 2.49. The Kier molecular flexibility index (Phi) is 13.4. The van der Waals surface area contributed by atoms with E-state index < -0.39 is 53.5 Å². The van der Waals surface area contributed by atoms with Crippen molar-refractivity contribution < 1.29 is 30.3 Å². The monoisotopic (exact) mass is 588 g/mol. The lowest BCUT2D eigenvalue weighted by atomic mass is 9.68. The van der Waals surface area contributed by atoms with Crippen LogP contribution in [0, 0.1) is 38.9 Å². The Morgan fingerprint density at radius 2 is 1.32 bits per heavy atom. The van der Waals surface area contributed by atoms with Gasteiger partial charge in [0.25, 0.3) is 0 Å². The van der Waals surface area contributed by atoms with Crippen LogP contribution in [-0.2, 0) is 4.74 Å². The SMILES string of the molecule is CC(C)C1C(O)C(O)C(O)C(OCC(NCCC(C)(C)CC(C)(C)C)C(O)C(O)C(C)(C)CC(C)(C)C)CC1(C)C. The Labute approximate surface area is 252 Å². The van der Waals surface area contributed by atoms with Crippen LogP contribution in [0.5, 0.6) is 0 Å². The third-order valence-electron chi connectivity index (χ3n) is 9.03. The van der Waals surface area contributed by atoms with E-state index in [1.54, 1.807) is 0 Å². The fourth-order valence-electron chi connectivity index (χ4n) is 8.11. The maximum absolute atomic E-state index is 11.5. The zero-order chi connectivity index (χ0) is 32.4. The van der Waals surface area contributed by atoms with Gasteiger partial charge in [-0.1, -0.05) is 96.9 Å². The molecule has 0 aliphatic heterocycles. The normalized spacial score (nSPS) is 28.8. The second kappa shape index (κ2) is 14.2. The van der Waals surface area contributed by atoms with E-state index in [2.05, 4.69) is 60.7 Å². The first-order chi connectivity index (χ1) is 18.2. The third-order valence-corrected chi connectivity index (χ3v) is 9.03.